The smallest absolute Gasteiger partial charge is 0.0936 e. The predicted molar refractivity (Wildman–Crippen MR) is 68.7 cm³/mol. The van der Waals surface area contributed by atoms with Gasteiger partial charge >= 0.3 is 0 Å². The zero-order chi connectivity index (χ0) is 12.3. The molecule has 15 heavy (non-hydrogen) atoms. The van der Waals surface area contributed by atoms with E-state index in [-0.39, 0.29) is 0 Å². The Balaban J connectivity index is 4.01. The highest BCUT2D eigenvalue weighted by molar-refractivity contribution is 4.92. The average Bonchev–Trinajstić information content (AvgIpc) is 1.95. The molecular formula is C13H28N2. The molecule has 1 N–H and O–H groups in total. The highest BCUT2D eigenvalue weighted by Crippen LogP contribution is 2.16. The van der Waals surface area contributed by atoms with Crippen molar-refractivity contribution in [3.63, 3.8) is 0 Å². The maximum Gasteiger partial charge on any atom is 0.0936 e. The molecule has 0 saturated heterocycles. The molecule has 0 amide bonds. The summed E-state index contributed by atoms with van der Waals surface area (Å²) in [5.74, 6) is 1.01. The molecule has 0 aliphatic heterocycles. The second kappa shape index (κ2) is 4.91. The maximum atomic E-state index is 4.06. The van der Waals surface area contributed by atoms with E-state index in [0.717, 1.165) is 18.9 Å². The Morgan fingerprint density at radius 2 is 1.53 bits per heavy atom. The van der Waals surface area contributed by atoms with Crippen molar-refractivity contribution < 1.29 is 0 Å². The van der Waals surface area contributed by atoms with Crippen LogP contribution in [-0.2, 0) is 0 Å². The van der Waals surface area contributed by atoms with E-state index in [1.165, 1.54) is 0 Å². The number of nitrogens with one attached hydrogen (secondary N) is 1. The van der Waals surface area contributed by atoms with Gasteiger partial charge in [-0.2, -0.15) is 0 Å². The third-order valence-corrected chi connectivity index (χ3v) is 2.00. The van der Waals surface area contributed by atoms with Crippen LogP contribution in [0, 0.1) is 10.8 Å². The largest absolute Gasteiger partial charge is 0.372 e. The number of hydrogen-bond acceptors (Lipinski definition) is 2. The van der Waals surface area contributed by atoms with Gasteiger partial charge < -0.3 is 10.2 Å². The highest BCUT2D eigenvalue weighted by atomic mass is 15.2. The number of hydrogen-bond donors (Lipinski definition) is 1. The first-order valence-corrected chi connectivity index (χ1v) is 5.65. The molecule has 0 aromatic carbocycles. The molecule has 0 radical (unpaired) electrons. The van der Waals surface area contributed by atoms with Crippen molar-refractivity contribution in [1.82, 2.24) is 10.2 Å². The van der Waals surface area contributed by atoms with Crippen LogP contribution in [0.2, 0.25) is 0 Å². The Hall–Kier alpha value is -0.660. The zero-order valence-corrected chi connectivity index (χ0v) is 11.6. The quantitative estimate of drug-likeness (QED) is 0.770. The van der Waals surface area contributed by atoms with E-state index in [1.54, 1.807) is 0 Å². The minimum Gasteiger partial charge on any atom is -0.372 e. The summed E-state index contributed by atoms with van der Waals surface area (Å²) < 4.78 is 0. The molecule has 0 fully saturated rings. The topological polar surface area (TPSA) is 15.3 Å². The van der Waals surface area contributed by atoms with Crippen LogP contribution in [0.1, 0.15) is 41.5 Å². The molecule has 0 aliphatic rings. The van der Waals surface area contributed by atoms with Crippen LogP contribution in [0.4, 0.5) is 0 Å². The van der Waals surface area contributed by atoms with Crippen molar-refractivity contribution in [2.75, 3.05) is 20.1 Å². The number of nitrogens with zero attached hydrogens (tertiary/aromatic N) is 1. The second-order valence-electron chi connectivity index (χ2n) is 6.78. The van der Waals surface area contributed by atoms with Crippen LogP contribution in [-0.4, -0.2) is 25.0 Å². The highest BCUT2D eigenvalue weighted by Gasteiger charge is 2.16. The summed E-state index contributed by atoms with van der Waals surface area (Å²) in [6.45, 7) is 19.4. The van der Waals surface area contributed by atoms with E-state index in [2.05, 4.69) is 65.4 Å². The summed E-state index contributed by atoms with van der Waals surface area (Å²) in [6, 6.07) is 0. The summed E-state index contributed by atoms with van der Waals surface area (Å²) in [7, 11) is 2.09. The van der Waals surface area contributed by atoms with Gasteiger partial charge in [-0.3, -0.25) is 0 Å². The van der Waals surface area contributed by atoms with Gasteiger partial charge in [-0.1, -0.05) is 48.1 Å². The normalized spacial score (nSPS) is 12.5. The van der Waals surface area contributed by atoms with E-state index in [4.69, 9.17) is 0 Å². The molecule has 0 saturated carbocycles. The van der Waals surface area contributed by atoms with Crippen LogP contribution in [0.5, 0.6) is 0 Å². The van der Waals surface area contributed by atoms with E-state index < -0.39 is 0 Å². The zero-order valence-electron chi connectivity index (χ0n) is 11.6. The van der Waals surface area contributed by atoms with Crippen molar-refractivity contribution in [2.24, 2.45) is 10.8 Å². The molecule has 0 heterocycles. The first-order chi connectivity index (χ1) is 6.51. The third kappa shape index (κ3) is 8.34. The molecule has 2 nitrogen and oxygen atoms in total. The lowest BCUT2D eigenvalue weighted by Gasteiger charge is -2.31. The summed E-state index contributed by atoms with van der Waals surface area (Å²) in [5.41, 5.74) is 0.604. The van der Waals surface area contributed by atoms with Gasteiger partial charge in [0.2, 0.25) is 0 Å². The van der Waals surface area contributed by atoms with Crippen molar-refractivity contribution in [3.8, 4) is 0 Å². The van der Waals surface area contributed by atoms with Gasteiger partial charge in [0.1, 0.15) is 0 Å². The van der Waals surface area contributed by atoms with E-state index >= 15 is 0 Å². The minimum absolute atomic E-state index is 0.297. The Bertz CT molecular complexity index is 206. The molecule has 0 rings (SSSR count). The minimum atomic E-state index is 0.297. The lowest BCUT2D eigenvalue weighted by Crippen LogP contribution is -2.37. The predicted octanol–water partition coefficient (Wildman–Crippen LogP) is 3.07. The summed E-state index contributed by atoms with van der Waals surface area (Å²) >= 11 is 0. The van der Waals surface area contributed by atoms with Crippen molar-refractivity contribution >= 4 is 0 Å². The molecule has 0 aromatic rings. The molecule has 0 spiro atoms. The Labute approximate surface area is 95.7 Å². The van der Waals surface area contributed by atoms with Crippen molar-refractivity contribution in [1.29, 1.82) is 0 Å². The second-order valence-corrected chi connectivity index (χ2v) is 6.78. The van der Waals surface area contributed by atoms with Gasteiger partial charge in [0.05, 0.1) is 5.82 Å². The summed E-state index contributed by atoms with van der Waals surface area (Å²) in [4.78, 5) is 2.19. The molecule has 90 valence electrons. The van der Waals surface area contributed by atoms with Crippen LogP contribution >= 0.6 is 0 Å². The van der Waals surface area contributed by atoms with Crippen molar-refractivity contribution in [3.05, 3.63) is 12.4 Å². The first-order valence-electron chi connectivity index (χ1n) is 5.65. The van der Waals surface area contributed by atoms with Crippen LogP contribution in [0.25, 0.3) is 0 Å². The van der Waals surface area contributed by atoms with E-state index in [1.807, 2.05) is 0 Å². The number of rotatable bonds is 4. The molecule has 0 bridgehead atoms. The molecule has 0 aromatic heterocycles. The fourth-order valence-electron chi connectivity index (χ4n) is 1.31. The maximum absolute atomic E-state index is 4.06. The summed E-state index contributed by atoms with van der Waals surface area (Å²) in [6.07, 6.45) is 0. The molecule has 0 atom stereocenters. The molecule has 2 heteroatoms. The van der Waals surface area contributed by atoms with Crippen molar-refractivity contribution in [2.45, 2.75) is 41.5 Å². The lowest BCUT2D eigenvalue weighted by molar-refractivity contribution is 0.249. The Kier molecular flexibility index (Phi) is 4.69. The fourth-order valence-corrected chi connectivity index (χ4v) is 1.31. The SMILES string of the molecule is C=C(NCC(C)(C)C)N(C)CC(C)(C)C. The first kappa shape index (κ1) is 14.3. The standard InChI is InChI=1S/C13H28N2/c1-11(14-9-12(2,3)4)15(8)10-13(5,6)7/h14H,1,9-10H2,2-8H3. The van der Waals surface area contributed by atoms with Crippen LogP contribution in [0.15, 0.2) is 12.4 Å². The Morgan fingerprint density at radius 3 is 1.87 bits per heavy atom. The van der Waals surface area contributed by atoms with Gasteiger partial charge in [-0.15, -0.1) is 0 Å². The molecular weight excluding hydrogens is 184 g/mol. The van der Waals surface area contributed by atoms with Crippen LogP contribution in [0.3, 0.4) is 0 Å². The Morgan fingerprint density at radius 1 is 1.07 bits per heavy atom. The van der Waals surface area contributed by atoms with Crippen LogP contribution < -0.4 is 5.32 Å². The third-order valence-electron chi connectivity index (χ3n) is 2.00. The molecule has 0 unspecified atom stereocenters. The monoisotopic (exact) mass is 212 g/mol. The van der Waals surface area contributed by atoms with Gasteiger partial charge in [0, 0.05) is 20.1 Å². The average molecular weight is 212 g/mol. The van der Waals surface area contributed by atoms with E-state index in [9.17, 15) is 0 Å². The van der Waals surface area contributed by atoms with Gasteiger partial charge in [-0.05, 0) is 10.8 Å². The molecule has 0 aliphatic carbocycles. The fraction of sp³-hybridized carbons (Fsp3) is 0.846. The lowest BCUT2D eigenvalue weighted by atomic mass is 9.96. The van der Waals surface area contributed by atoms with Gasteiger partial charge in [0.15, 0.2) is 0 Å². The summed E-state index contributed by atoms with van der Waals surface area (Å²) in [5, 5.41) is 3.38. The van der Waals surface area contributed by atoms with Gasteiger partial charge in [0.25, 0.3) is 0 Å². The van der Waals surface area contributed by atoms with E-state index in [0.29, 0.717) is 10.8 Å². The van der Waals surface area contributed by atoms with Gasteiger partial charge in [-0.25, -0.2) is 0 Å².